The van der Waals surface area contributed by atoms with Gasteiger partial charge in [-0.1, -0.05) is 11.6 Å². The highest BCUT2D eigenvalue weighted by molar-refractivity contribution is 14.0. The van der Waals surface area contributed by atoms with E-state index in [0.717, 1.165) is 13.0 Å². The minimum atomic E-state index is -0.320. The molecule has 1 fully saturated rings. The first-order chi connectivity index (χ1) is 10.7. The molecule has 1 saturated heterocycles. The highest BCUT2D eigenvalue weighted by Crippen LogP contribution is 2.19. The normalized spacial score (nSPS) is 18.2. The number of allylic oxidation sites excluding steroid dienone is 1. The summed E-state index contributed by atoms with van der Waals surface area (Å²) in [5, 5.41) is 8.88. The number of guanidine groups is 1. The van der Waals surface area contributed by atoms with E-state index in [2.05, 4.69) is 27.0 Å². The Morgan fingerprint density at radius 1 is 1.30 bits per heavy atom. The molecule has 2 rings (SSSR count). The molecule has 0 unspecified atom stereocenters. The van der Waals surface area contributed by atoms with Crippen LogP contribution in [0, 0.1) is 0 Å². The third-order valence-corrected chi connectivity index (χ3v) is 3.91. The minimum Gasteiger partial charge on any atom is -0.356 e. The number of carbonyl (C=O) groups is 2. The second-order valence-electron chi connectivity index (χ2n) is 5.49. The SMILES string of the molecule is CN=C(NCCC1=CCCCC1)NCCN1C(=O)CNC1=O.I. The average Bonchev–Trinajstić information content (AvgIpc) is 2.86. The monoisotopic (exact) mass is 435 g/mol. The Balaban J connectivity index is 0.00000264. The van der Waals surface area contributed by atoms with Crippen LogP contribution in [0.3, 0.4) is 0 Å². The van der Waals surface area contributed by atoms with Crippen molar-refractivity contribution in [3.05, 3.63) is 11.6 Å². The number of amides is 3. The number of nitrogens with one attached hydrogen (secondary N) is 3. The van der Waals surface area contributed by atoms with Gasteiger partial charge in [-0.2, -0.15) is 0 Å². The molecule has 0 aromatic carbocycles. The minimum absolute atomic E-state index is 0. The van der Waals surface area contributed by atoms with Crippen LogP contribution in [0.2, 0.25) is 0 Å². The summed E-state index contributed by atoms with van der Waals surface area (Å²) in [6.45, 7) is 1.77. The molecule has 3 N–H and O–H groups in total. The zero-order chi connectivity index (χ0) is 15.8. The lowest BCUT2D eigenvalue weighted by molar-refractivity contribution is -0.124. The summed E-state index contributed by atoms with van der Waals surface area (Å²) in [7, 11) is 1.71. The Bertz CT molecular complexity index is 462. The van der Waals surface area contributed by atoms with Gasteiger partial charge < -0.3 is 16.0 Å². The van der Waals surface area contributed by atoms with Crippen molar-refractivity contribution < 1.29 is 9.59 Å². The Morgan fingerprint density at radius 2 is 2.09 bits per heavy atom. The molecular weight excluding hydrogens is 409 g/mol. The first-order valence-corrected chi connectivity index (χ1v) is 7.91. The molecule has 130 valence electrons. The van der Waals surface area contributed by atoms with Crippen molar-refractivity contribution in [3.63, 3.8) is 0 Å². The van der Waals surface area contributed by atoms with Crippen LogP contribution in [0.5, 0.6) is 0 Å². The Morgan fingerprint density at radius 3 is 2.70 bits per heavy atom. The molecule has 0 radical (unpaired) electrons. The summed E-state index contributed by atoms with van der Waals surface area (Å²) >= 11 is 0. The van der Waals surface area contributed by atoms with Crippen molar-refractivity contribution in [1.29, 1.82) is 0 Å². The second-order valence-corrected chi connectivity index (χ2v) is 5.49. The van der Waals surface area contributed by atoms with Crippen LogP contribution in [0.25, 0.3) is 0 Å². The molecular formula is C15H26IN5O2. The standard InChI is InChI=1S/C15H25N5O2.HI/c1-16-14(17-8-7-12-5-3-2-4-6-12)18-9-10-20-13(21)11-19-15(20)22;/h5H,2-4,6-11H2,1H3,(H,19,22)(H2,16,17,18);1H. The number of carbonyl (C=O) groups excluding carboxylic acids is 2. The number of aliphatic imine (C=N–C) groups is 1. The lowest BCUT2D eigenvalue weighted by Crippen LogP contribution is -2.43. The van der Waals surface area contributed by atoms with Gasteiger partial charge in [0.05, 0.1) is 6.54 Å². The zero-order valence-corrected chi connectivity index (χ0v) is 15.9. The van der Waals surface area contributed by atoms with Crippen LogP contribution in [0.15, 0.2) is 16.6 Å². The van der Waals surface area contributed by atoms with Crippen LogP contribution in [0.1, 0.15) is 32.1 Å². The summed E-state index contributed by atoms with van der Waals surface area (Å²) in [5.41, 5.74) is 1.52. The predicted molar refractivity (Wildman–Crippen MR) is 101 cm³/mol. The van der Waals surface area contributed by atoms with Gasteiger partial charge in [0, 0.05) is 26.7 Å². The Hall–Kier alpha value is -1.32. The molecule has 0 aromatic heterocycles. The summed E-state index contributed by atoms with van der Waals surface area (Å²) in [4.78, 5) is 28.2. The largest absolute Gasteiger partial charge is 0.356 e. The van der Waals surface area contributed by atoms with Crippen LogP contribution in [0.4, 0.5) is 4.79 Å². The van der Waals surface area contributed by atoms with E-state index in [4.69, 9.17) is 0 Å². The fraction of sp³-hybridized carbons (Fsp3) is 0.667. The van der Waals surface area contributed by atoms with Crippen LogP contribution < -0.4 is 16.0 Å². The van der Waals surface area contributed by atoms with Gasteiger partial charge in [0.2, 0.25) is 5.91 Å². The highest BCUT2D eigenvalue weighted by Gasteiger charge is 2.27. The van der Waals surface area contributed by atoms with Crippen LogP contribution in [-0.4, -0.2) is 56.0 Å². The van der Waals surface area contributed by atoms with E-state index < -0.39 is 0 Å². The smallest absolute Gasteiger partial charge is 0.324 e. The lowest BCUT2D eigenvalue weighted by atomic mass is 9.97. The first kappa shape index (κ1) is 19.7. The van der Waals surface area contributed by atoms with Gasteiger partial charge in [-0.25, -0.2) is 4.79 Å². The van der Waals surface area contributed by atoms with Crippen molar-refractivity contribution in [1.82, 2.24) is 20.9 Å². The summed E-state index contributed by atoms with van der Waals surface area (Å²) in [6, 6.07) is -0.320. The van der Waals surface area contributed by atoms with Gasteiger partial charge in [-0.15, -0.1) is 24.0 Å². The maximum atomic E-state index is 11.4. The van der Waals surface area contributed by atoms with Crippen molar-refractivity contribution in [3.8, 4) is 0 Å². The number of halogens is 1. The predicted octanol–water partition coefficient (Wildman–Crippen LogP) is 1.21. The Kier molecular flexibility index (Phi) is 8.97. The molecule has 0 spiro atoms. The van der Waals surface area contributed by atoms with Crippen molar-refractivity contribution in [2.24, 2.45) is 4.99 Å². The van der Waals surface area contributed by atoms with E-state index in [0.29, 0.717) is 19.0 Å². The number of urea groups is 1. The molecule has 3 amide bonds. The molecule has 8 heteroatoms. The van der Waals surface area contributed by atoms with E-state index in [1.807, 2.05) is 0 Å². The molecule has 1 aliphatic carbocycles. The van der Waals surface area contributed by atoms with Crippen LogP contribution in [-0.2, 0) is 4.79 Å². The number of imide groups is 1. The van der Waals surface area contributed by atoms with Gasteiger partial charge in [-0.3, -0.25) is 14.7 Å². The summed E-state index contributed by atoms with van der Waals surface area (Å²) < 4.78 is 0. The molecule has 2 aliphatic rings. The average molecular weight is 435 g/mol. The van der Waals surface area contributed by atoms with Gasteiger partial charge in [0.15, 0.2) is 5.96 Å². The molecule has 0 bridgehead atoms. The molecule has 0 atom stereocenters. The molecule has 1 aliphatic heterocycles. The third-order valence-electron chi connectivity index (χ3n) is 3.91. The zero-order valence-electron chi connectivity index (χ0n) is 13.6. The fourth-order valence-electron chi connectivity index (χ4n) is 2.66. The molecule has 0 saturated carbocycles. The van der Waals surface area contributed by atoms with Gasteiger partial charge in [0.1, 0.15) is 0 Å². The summed E-state index contributed by atoms with van der Waals surface area (Å²) in [5.74, 6) is 0.516. The maximum absolute atomic E-state index is 11.4. The number of hydrogen-bond acceptors (Lipinski definition) is 3. The molecule has 7 nitrogen and oxygen atoms in total. The van der Waals surface area contributed by atoms with Crippen molar-refractivity contribution >= 4 is 41.9 Å². The van der Waals surface area contributed by atoms with E-state index in [-0.39, 0.29) is 42.5 Å². The topological polar surface area (TPSA) is 85.8 Å². The summed E-state index contributed by atoms with van der Waals surface area (Å²) in [6.07, 6.45) is 8.40. The van der Waals surface area contributed by atoms with E-state index in [9.17, 15) is 9.59 Å². The van der Waals surface area contributed by atoms with E-state index >= 15 is 0 Å². The highest BCUT2D eigenvalue weighted by atomic mass is 127. The quantitative estimate of drug-likeness (QED) is 0.193. The maximum Gasteiger partial charge on any atom is 0.324 e. The number of nitrogens with zero attached hydrogens (tertiary/aromatic N) is 2. The molecule has 23 heavy (non-hydrogen) atoms. The van der Waals surface area contributed by atoms with Gasteiger partial charge in [-0.05, 0) is 32.1 Å². The third kappa shape index (κ3) is 6.36. The van der Waals surface area contributed by atoms with E-state index in [1.54, 1.807) is 7.05 Å². The van der Waals surface area contributed by atoms with Crippen molar-refractivity contribution in [2.75, 3.05) is 33.2 Å². The Labute approximate surface area is 154 Å². The van der Waals surface area contributed by atoms with Crippen molar-refractivity contribution in [2.45, 2.75) is 32.1 Å². The van der Waals surface area contributed by atoms with Gasteiger partial charge >= 0.3 is 6.03 Å². The second kappa shape index (κ2) is 10.5. The molecule has 1 heterocycles. The first-order valence-electron chi connectivity index (χ1n) is 7.91. The lowest BCUT2D eigenvalue weighted by Gasteiger charge is -2.16. The van der Waals surface area contributed by atoms with Gasteiger partial charge in [0.25, 0.3) is 0 Å². The number of rotatable bonds is 6. The van der Waals surface area contributed by atoms with Crippen LogP contribution >= 0.6 is 24.0 Å². The fourth-order valence-corrected chi connectivity index (χ4v) is 2.66. The molecule has 0 aromatic rings. The van der Waals surface area contributed by atoms with E-state index in [1.165, 1.54) is 36.2 Å². The number of hydrogen-bond donors (Lipinski definition) is 3.